The fourth-order valence-corrected chi connectivity index (χ4v) is 3.49. The third-order valence-electron chi connectivity index (χ3n) is 4.89. The van der Waals surface area contributed by atoms with Gasteiger partial charge in [-0.15, -0.1) is 0 Å². The molecule has 2 fully saturated rings. The van der Waals surface area contributed by atoms with Gasteiger partial charge < -0.3 is 20.7 Å². The van der Waals surface area contributed by atoms with Gasteiger partial charge in [-0.2, -0.15) is 0 Å². The first-order valence-corrected chi connectivity index (χ1v) is 8.67. The predicted octanol–water partition coefficient (Wildman–Crippen LogP) is 1.63. The van der Waals surface area contributed by atoms with Crippen molar-refractivity contribution in [3.05, 3.63) is 33.9 Å². The molecule has 1 aromatic rings. The van der Waals surface area contributed by atoms with Crippen molar-refractivity contribution in [1.29, 1.82) is 0 Å². The van der Waals surface area contributed by atoms with E-state index in [1.807, 2.05) is 19.1 Å². The fourth-order valence-electron chi connectivity index (χ4n) is 3.49. The molecule has 3 N–H and O–H groups in total. The summed E-state index contributed by atoms with van der Waals surface area (Å²) in [6, 6.07) is 5.44. The maximum absolute atomic E-state index is 12.5. The number of hydrogen-bond acceptors (Lipinski definition) is 5. The molecule has 9 heteroatoms. The van der Waals surface area contributed by atoms with Crippen LogP contribution in [-0.2, 0) is 9.53 Å². The lowest BCUT2D eigenvalue weighted by atomic mass is 9.98. The van der Waals surface area contributed by atoms with Crippen LogP contribution in [0.3, 0.4) is 0 Å². The lowest BCUT2D eigenvalue weighted by Crippen LogP contribution is -2.48. The summed E-state index contributed by atoms with van der Waals surface area (Å²) in [6.07, 6.45) is 3.34. The third kappa shape index (κ3) is 3.83. The molecule has 26 heavy (non-hydrogen) atoms. The van der Waals surface area contributed by atoms with Crippen LogP contribution in [-0.4, -0.2) is 42.1 Å². The summed E-state index contributed by atoms with van der Waals surface area (Å²) >= 11 is 0. The highest BCUT2D eigenvalue weighted by Crippen LogP contribution is 2.30. The number of amides is 1. The molecule has 0 unspecified atom stereocenters. The van der Waals surface area contributed by atoms with Gasteiger partial charge in [0, 0.05) is 17.9 Å². The maximum Gasteiger partial charge on any atom is 0.244 e. The molecule has 0 bridgehead atoms. The van der Waals surface area contributed by atoms with E-state index in [1.54, 1.807) is 11.0 Å². The van der Waals surface area contributed by atoms with Crippen molar-refractivity contribution in [2.24, 2.45) is 10.8 Å². The minimum atomic E-state index is -0.789. The van der Waals surface area contributed by atoms with Crippen LogP contribution in [0, 0.1) is 17.0 Å². The van der Waals surface area contributed by atoms with E-state index in [1.165, 1.54) is 0 Å². The van der Waals surface area contributed by atoms with Gasteiger partial charge in [0.1, 0.15) is 6.61 Å². The number of ether oxygens (including phenoxy) is 1. The minimum absolute atomic E-state index is 0.0919. The quantitative estimate of drug-likeness (QED) is 0.621. The Hall–Kier alpha value is -2.52. The molecule has 1 aliphatic heterocycles. The number of rotatable bonds is 4. The highest BCUT2D eigenvalue weighted by atomic mass is 16.7. The standard InChI is InChI=1S/C17H23N5O4/c1-12-10-13(19-16(23)17(18)6-2-3-7-17)4-5-14(12)21-8-9-26-11-15(21)20-22(24)25/h4-5,10H,2-3,6-9,11,18H2,1H3,(H,19,23). The van der Waals surface area contributed by atoms with E-state index >= 15 is 0 Å². The summed E-state index contributed by atoms with van der Waals surface area (Å²) in [5, 5.41) is 16.3. The van der Waals surface area contributed by atoms with Gasteiger partial charge in [-0.25, -0.2) is 10.1 Å². The molecule has 0 radical (unpaired) electrons. The topological polar surface area (TPSA) is 123 Å². The van der Waals surface area contributed by atoms with Crippen LogP contribution in [0.25, 0.3) is 0 Å². The van der Waals surface area contributed by atoms with Crippen LogP contribution in [0.1, 0.15) is 31.2 Å². The second kappa shape index (κ2) is 7.38. The van der Waals surface area contributed by atoms with Crippen LogP contribution in [0.5, 0.6) is 0 Å². The van der Waals surface area contributed by atoms with E-state index < -0.39 is 10.6 Å². The molecule has 1 aromatic carbocycles. The molecule has 1 saturated carbocycles. The van der Waals surface area contributed by atoms with Gasteiger partial charge in [0.15, 0.2) is 5.03 Å². The number of amidine groups is 1. The lowest BCUT2D eigenvalue weighted by molar-refractivity contribution is -0.485. The SMILES string of the molecule is Cc1cc(NC(=O)C2(N)CCCC2)ccc1N1CCOCC1=N[N+](=O)[O-]. The largest absolute Gasteiger partial charge is 0.371 e. The van der Waals surface area contributed by atoms with Crippen molar-refractivity contribution in [2.75, 3.05) is 30.0 Å². The Bertz CT molecular complexity index is 743. The number of morpholine rings is 1. The van der Waals surface area contributed by atoms with Gasteiger partial charge in [0.25, 0.3) is 0 Å². The number of carbonyl (C=O) groups is 1. The molecule has 0 atom stereocenters. The zero-order valence-electron chi connectivity index (χ0n) is 14.7. The molecule has 2 aliphatic rings. The Morgan fingerprint density at radius 3 is 2.81 bits per heavy atom. The number of nitrogens with one attached hydrogen (secondary N) is 1. The molecule has 1 amide bonds. The van der Waals surface area contributed by atoms with Crippen LogP contribution in [0.4, 0.5) is 11.4 Å². The fraction of sp³-hybridized carbons (Fsp3) is 0.529. The zero-order valence-corrected chi connectivity index (χ0v) is 14.7. The van der Waals surface area contributed by atoms with Crippen LogP contribution < -0.4 is 16.0 Å². The Kier molecular flexibility index (Phi) is 5.19. The van der Waals surface area contributed by atoms with Crippen molar-refractivity contribution in [1.82, 2.24) is 0 Å². The summed E-state index contributed by atoms with van der Waals surface area (Å²) in [5.74, 6) is 0.0946. The highest BCUT2D eigenvalue weighted by Gasteiger charge is 2.37. The molecule has 0 aromatic heterocycles. The Labute approximate surface area is 151 Å². The van der Waals surface area contributed by atoms with E-state index in [4.69, 9.17) is 10.5 Å². The van der Waals surface area contributed by atoms with Gasteiger partial charge in [-0.3, -0.25) is 4.79 Å². The number of anilines is 2. The zero-order chi connectivity index (χ0) is 18.7. The lowest BCUT2D eigenvalue weighted by Gasteiger charge is -2.30. The number of aryl methyl sites for hydroxylation is 1. The first kappa shape index (κ1) is 18.3. The number of nitro groups is 1. The first-order chi connectivity index (χ1) is 12.4. The number of nitrogens with zero attached hydrogens (tertiary/aromatic N) is 3. The summed E-state index contributed by atoms with van der Waals surface area (Å²) in [7, 11) is 0. The van der Waals surface area contributed by atoms with Gasteiger partial charge >= 0.3 is 0 Å². The smallest absolute Gasteiger partial charge is 0.244 e. The molecule has 0 spiro atoms. The number of nitrogens with two attached hydrogens (primary N) is 1. The summed E-state index contributed by atoms with van der Waals surface area (Å²) in [6.45, 7) is 2.92. The number of benzene rings is 1. The van der Waals surface area contributed by atoms with Crippen molar-refractivity contribution < 1.29 is 14.6 Å². The van der Waals surface area contributed by atoms with Gasteiger partial charge in [0.2, 0.25) is 11.7 Å². The molecule has 1 aliphatic carbocycles. The average Bonchev–Trinajstić information content (AvgIpc) is 3.03. The average molecular weight is 361 g/mol. The van der Waals surface area contributed by atoms with Crippen LogP contribution >= 0.6 is 0 Å². The Morgan fingerprint density at radius 1 is 1.42 bits per heavy atom. The molecule has 1 heterocycles. The van der Waals surface area contributed by atoms with E-state index in [-0.39, 0.29) is 18.3 Å². The van der Waals surface area contributed by atoms with Crippen molar-refractivity contribution in [3.63, 3.8) is 0 Å². The number of carbonyl (C=O) groups excluding carboxylic acids is 1. The Balaban J connectivity index is 1.78. The normalized spacial score (nSPS) is 21.0. The summed E-state index contributed by atoms with van der Waals surface area (Å²) in [5.41, 5.74) is 7.73. The second-order valence-corrected chi connectivity index (χ2v) is 6.78. The van der Waals surface area contributed by atoms with E-state index in [2.05, 4.69) is 10.4 Å². The molecular weight excluding hydrogens is 338 g/mol. The highest BCUT2D eigenvalue weighted by molar-refractivity contribution is 6.01. The minimum Gasteiger partial charge on any atom is -0.371 e. The second-order valence-electron chi connectivity index (χ2n) is 6.78. The predicted molar refractivity (Wildman–Crippen MR) is 97.8 cm³/mol. The molecular formula is C17H23N5O4. The monoisotopic (exact) mass is 361 g/mol. The van der Waals surface area contributed by atoms with Gasteiger partial charge in [-0.05, 0) is 43.5 Å². The van der Waals surface area contributed by atoms with Gasteiger partial charge in [0.05, 0.1) is 17.2 Å². The number of hydrogen-bond donors (Lipinski definition) is 2. The van der Waals surface area contributed by atoms with Crippen molar-refractivity contribution in [3.8, 4) is 0 Å². The third-order valence-corrected chi connectivity index (χ3v) is 4.89. The molecule has 140 valence electrons. The first-order valence-electron chi connectivity index (χ1n) is 8.67. The molecule has 9 nitrogen and oxygen atoms in total. The summed E-state index contributed by atoms with van der Waals surface area (Å²) < 4.78 is 5.27. The van der Waals surface area contributed by atoms with Gasteiger partial charge in [-0.1, -0.05) is 12.8 Å². The van der Waals surface area contributed by atoms with E-state index in [0.717, 1.165) is 24.1 Å². The van der Waals surface area contributed by atoms with Crippen molar-refractivity contribution >= 4 is 23.1 Å². The maximum atomic E-state index is 12.5. The Morgan fingerprint density at radius 2 is 2.15 bits per heavy atom. The van der Waals surface area contributed by atoms with E-state index in [9.17, 15) is 14.9 Å². The van der Waals surface area contributed by atoms with Crippen LogP contribution in [0.15, 0.2) is 23.3 Å². The molecule has 3 rings (SSSR count). The summed E-state index contributed by atoms with van der Waals surface area (Å²) in [4.78, 5) is 25.0. The van der Waals surface area contributed by atoms with Crippen LogP contribution in [0.2, 0.25) is 0 Å². The van der Waals surface area contributed by atoms with E-state index in [0.29, 0.717) is 31.7 Å². The molecule has 1 saturated heterocycles. The van der Waals surface area contributed by atoms with Crippen molar-refractivity contribution in [2.45, 2.75) is 38.1 Å². The number of hydrazone groups is 1.